The lowest BCUT2D eigenvalue weighted by Crippen LogP contribution is -2.31. The van der Waals surface area contributed by atoms with Gasteiger partial charge in [-0.2, -0.15) is 0 Å². The van der Waals surface area contributed by atoms with Gasteiger partial charge < -0.3 is 10.4 Å². The van der Waals surface area contributed by atoms with Crippen LogP contribution in [0.4, 0.5) is 4.79 Å². The molecule has 84 valence electrons. The van der Waals surface area contributed by atoms with Gasteiger partial charge in [0.1, 0.15) is 14.3 Å². The Bertz CT molecular complexity index is 459. The lowest BCUT2D eigenvalue weighted by Gasteiger charge is -2.10. The highest BCUT2D eigenvalue weighted by Crippen LogP contribution is 2.38. The molecule has 0 aromatic heterocycles. The number of nitrogens with one attached hydrogen (secondary N) is 1. The first-order valence-electron chi connectivity index (χ1n) is 3.97. The van der Waals surface area contributed by atoms with E-state index >= 15 is 0 Å². The van der Waals surface area contributed by atoms with E-state index in [0.717, 1.165) is 23.5 Å². The monoisotopic (exact) mass is 276 g/mol. The number of thiocarbonyl (C=S) groups is 1. The topological polar surface area (TPSA) is 86.7 Å². The summed E-state index contributed by atoms with van der Waals surface area (Å²) in [6.07, 6.45) is -1.39. The molecule has 0 spiro atoms. The molecule has 0 aliphatic carbocycles. The smallest absolute Gasteiger partial charge is 0.419 e. The number of imide groups is 1. The zero-order chi connectivity index (χ0) is 11.9. The van der Waals surface area contributed by atoms with Gasteiger partial charge in [-0.05, 0) is 0 Å². The molecular formula is C7H4N2O4S3. The fourth-order valence-corrected chi connectivity index (χ4v) is 3.41. The summed E-state index contributed by atoms with van der Waals surface area (Å²) in [5.74, 6) is -0.990. The van der Waals surface area contributed by atoms with E-state index in [9.17, 15) is 14.4 Å². The van der Waals surface area contributed by atoms with Gasteiger partial charge in [-0.1, -0.05) is 35.7 Å². The van der Waals surface area contributed by atoms with Gasteiger partial charge in [0.05, 0.1) is 5.75 Å². The van der Waals surface area contributed by atoms with Crippen LogP contribution in [0.1, 0.15) is 0 Å². The van der Waals surface area contributed by atoms with Crippen LogP contribution >= 0.6 is 35.7 Å². The summed E-state index contributed by atoms with van der Waals surface area (Å²) in [6.45, 7) is 0. The number of carbonyl (C=O) groups excluding carboxylic acids is 2. The summed E-state index contributed by atoms with van der Waals surface area (Å²) in [5, 5.41) is 11.4. The van der Waals surface area contributed by atoms with Crippen LogP contribution in [0.25, 0.3) is 0 Å². The molecule has 9 heteroatoms. The minimum absolute atomic E-state index is 0.0196. The van der Waals surface area contributed by atoms with E-state index in [0.29, 0.717) is 4.90 Å². The Hall–Kier alpha value is -1.06. The number of rotatable bonds is 0. The molecule has 2 rings (SSSR count). The predicted octanol–water partition coefficient (Wildman–Crippen LogP) is 0.557. The first-order chi connectivity index (χ1) is 7.50. The molecule has 2 heterocycles. The van der Waals surface area contributed by atoms with E-state index in [1.807, 2.05) is 0 Å². The van der Waals surface area contributed by atoms with Crippen LogP contribution < -0.4 is 5.32 Å². The van der Waals surface area contributed by atoms with Crippen LogP contribution in [0, 0.1) is 0 Å². The zero-order valence-corrected chi connectivity index (χ0v) is 10.0. The average Bonchev–Trinajstić information content (AvgIpc) is 2.69. The largest absolute Gasteiger partial charge is 0.464 e. The number of nitrogens with zero attached hydrogens (tertiary/aromatic N) is 1. The Labute approximate surface area is 103 Å². The highest BCUT2D eigenvalue weighted by atomic mass is 32.2. The van der Waals surface area contributed by atoms with Crippen molar-refractivity contribution in [3.8, 4) is 0 Å². The maximum atomic E-state index is 11.4. The van der Waals surface area contributed by atoms with Crippen molar-refractivity contribution in [2.24, 2.45) is 0 Å². The number of hydrogen-bond donors (Lipinski definition) is 2. The van der Waals surface area contributed by atoms with Gasteiger partial charge in [0.25, 0.3) is 5.91 Å². The molecular weight excluding hydrogens is 272 g/mol. The molecule has 16 heavy (non-hydrogen) atoms. The van der Waals surface area contributed by atoms with Gasteiger partial charge in [-0.25, -0.2) is 9.69 Å². The average molecular weight is 276 g/mol. The zero-order valence-electron chi connectivity index (χ0n) is 7.55. The van der Waals surface area contributed by atoms with Crippen molar-refractivity contribution < 1.29 is 19.5 Å². The molecule has 2 fully saturated rings. The van der Waals surface area contributed by atoms with E-state index in [2.05, 4.69) is 5.32 Å². The highest BCUT2D eigenvalue weighted by molar-refractivity contribution is 8.27. The molecule has 0 saturated carbocycles. The van der Waals surface area contributed by atoms with Gasteiger partial charge in [0.2, 0.25) is 5.91 Å². The quantitative estimate of drug-likeness (QED) is 0.493. The third kappa shape index (κ3) is 1.81. The van der Waals surface area contributed by atoms with Crippen LogP contribution in [-0.2, 0) is 9.59 Å². The van der Waals surface area contributed by atoms with Crippen molar-refractivity contribution in [1.82, 2.24) is 10.2 Å². The number of hydrogen-bond acceptors (Lipinski definition) is 6. The van der Waals surface area contributed by atoms with Crippen LogP contribution in [0.3, 0.4) is 0 Å². The van der Waals surface area contributed by atoms with Crippen molar-refractivity contribution in [1.29, 1.82) is 0 Å². The van der Waals surface area contributed by atoms with Gasteiger partial charge >= 0.3 is 6.09 Å². The molecule has 0 radical (unpaired) electrons. The summed E-state index contributed by atoms with van der Waals surface area (Å²) in [4.78, 5) is 34.3. The summed E-state index contributed by atoms with van der Waals surface area (Å²) in [6, 6.07) is 0. The van der Waals surface area contributed by atoms with Crippen LogP contribution in [0.2, 0.25) is 0 Å². The minimum atomic E-state index is -1.39. The first-order valence-corrected chi connectivity index (χ1v) is 6.18. The lowest BCUT2D eigenvalue weighted by molar-refractivity contribution is -0.123. The Balaban J connectivity index is 2.43. The van der Waals surface area contributed by atoms with Crippen molar-refractivity contribution in [3.63, 3.8) is 0 Å². The maximum absolute atomic E-state index is 11.4. The summed E-state index contributed by atoms with van der Waals surface area (Å²) in [5.41, 5.74) is 0. The SMILES string of the molecule is O=C1NC(=S)S/C1=C1\SCC(=O)N1C(=O)O. The predicted molar refractivity (Wildman–Crippen MR) is 62.7 cm³/mol. The van der Waals surface area contributed by atoms with E-state index in [1.54, 1.807) is 0 Å². The fraction of sp³-hybridized carbons (Fsp3) is 0.143. The van der Waals surface area contributed by atoms with E-state index < -0.39 is 17.9 Å². The highest BCUT2D eigenvalue weighted by Gasteiger charge is 2.38. The second kappa shape index (κ2) is 4.07. The number of thioether (sulfide) groups is 2. The van der Waals surface area contributed by atoms with Crippen LogP contribution in [0.5, 0.6) is 0 Å². The number of carboxylic acid groups (broad SMARTS) is 1. The second-order valence-electron chi connectivity index (χ2n) is 2.78. The molecule has 0 aromatic carbocycles. The Kier molecular flexibility index (Phi) is 2.91. The molecule has 6 nitrogen and oxygen atoms in total. The van der Waals surface area contributed by atoms with Crippen molar-refractivity contribution in [2.75, 3.05) is 5.75 Å². The molecule has 3 amide bonds. The van der Waals surface area contributed by atoms with Crippen molar-refractivity contribution >= 4 is 58.0 Å². The number of amides is 3. The van der Waals surface area contributed by atoms with Gasteiger partial charge in [-0.15, -0.1) is 0 Å². The van der Waals surface area contributed by atoms with E-state index in [-0.39, 0.29) is 20.0 Å². The normalized spacial score (nSPS) is 25.2. The molecule has 0 unspecified atom stereocenters. The Morgan fingerprint density at radius 3 is 2.69 bits per heavy atom. The summed E-state index contributed by atoms with van der Waals surface area (Å²) < 4.78 is 0.262. The minimum Gasteiger partial charge on any atom is -0.464 e. The molecule has 0 bridgehead atoms. The summed E-state index contributed by atoms with van der Waals surface area (Å²) >= 11 is 6.77. The van der Waals surface area contributed by atoms with Crippen LogP contribution in [0.15, 0.2) is 9.93 Å². The van der Waals surface area contributed by atoms with E-state index in [1.165, 1.54) is 0 Å². The van der Waals surface area contributed by atoms with Gasteiger partial charge in [0.15, 0.2) is 0 Å². The van der Waals surface area contributed by atoms with Crippen LogP contribution in [-0.4, -0.2) is 38.0 Å². The molecule has 0 atom stereocenters. The maximum Gasteiger partial charge on any atom is 0.419 e. The molecule has 2 aliphatic rings. The second-order valence-corrected chi connectivity index (χ2v) is 5.43. The first kappa shape index (κ1) is 11.4. The van der Waals surface area contributed by atoms with Gasteiger partial charge in [-0.3, -0.25) is 9.59 Å². The molecule has 2 aliphatic heterocycles. The Morgan fingerprint density at radius 1 is 1.50 bits per heavy atom. The third-order valence-corrected chi connectivity index (χ3v) is 4.19. The summed E-state index contributed by atoms with van der Waals surface area (Å²) in [7, 11) is 0. The molecule has 2 saturated heterocycles. The third-order valence-electron chi connectivity index (χ3n) is 1.79. The van der Waals surface area contributed by atoms with Gasteiger partial charge in [0, 0.05) is 0 Å². The van der Waals surface area contributed by atoms with Crippen molar-refractivity contribution in [3.05, 3.63) is 9.93 Å². The fourth-order valence-electron chi connectivity index (χ4n) is 1.19. The lowest BCUT2D eigenvalue weighted by atomic mass is 10.5. The molecule has 2 N–H and O–H groups in total. The number of carbonyl (C=O) groups is 3. The molecule has 0 aromatic rings. The standard InChI is InChI=1S/C7H4N2O4S3/c10-2-1-15-5(9(2)7(12)13)3-4(11)8-6(14)16-3/h1H2,(H,12,13)(H,8,11,14)/b5-3-. The van der Waals surface area contributed by atoms with E-state index in [4.69, 9.17) is 17.3 Å². The Morgan fingerprint density at radius 2 is 2.19 bits per heavy atom. The van der Waals surface area contributed by atoms with Crippen molar-refractivity contribution in [2.45, 2.75) is 0 Å².